The van der Waals surface area contributed by atoms with Crippen LogP contribution in [0.1, 0.15) is 34.6 Å². The van der Waals surface area contributed by atoms with Crippen LogP contribution in [0.2, 0.25) is 0 Å². The number of Topliss-reactive ketones (excluding diaryl/α,β-unsaturated/α-hetero) is 1. The van der Waals surface area contributed by atoms with Crippen LogP contribution in [-0.2, 0) is 0 Å². The molecule has 1 aromatic rings. The van der Waals surface area contributed by atoms with E-state index in [0.717, 1.165) is 0 Å². The van der Waals surface area contributed by atoms with Gasteiger partial charge in [0.2, 0.25) is 0 Å². The molecule has 0 saturated carbocycles. The number of carbonyl (C=O) groups is 2. The lowest BCUT2D eigenvalue weighted by atomic mass is 9.79. The highest BCUT2D eigenvalue weighted by atomic mass is 16.3. The molecule has 0 saturated heterocycles. The minimum atomic E-state index is -0.283. The zero-order valence-electron chi connectivity index (χ0n) is 10.5. The summed E-state index contributed by atoms with van der Waals surface area (Å²) in [6, 6.07) is 6.81. The SMILES string of the molecule is CC(C)[C@@H](CO)C1=CC(=O)c2ccccc2C1=O. The van der Waals surface area contributed by atoms with Gasteiger partial charge in [0.15, 0.2) is 11.6 Å². The molecular weight excluding hydrogens is 228 g/mol. The van der Waals surface area contributed by atoms with E-state index >= 15 is 0 Å². The fraction of sp³-hybridized carbons (Fsp3) is 0.333. The topological polar surface area (TPSA) is 54.4 Å². The van der Waals surface area contributed by atoms with Gasteiger partial charge < -0.3 is 5.11 Å². The number of ketones is 2. The van der Waals surface area contributed by atoms with E-state index in [1.165, 1.54) is 6.08 Å². The van der Waals surface area contributed by atoms with E-state index in [4.69, 9.17) is 0 Å². The zero-order chi connectivity index (χ0) is 13.3. The van der Waals surface area contributed by atoms with Crippen molar-refractivity contribution in [2.45, 2.75) is 13.8 Å². The van der Waals surface area contributed by atoms with Crippen LogP contribution >= 0.6 is 0 Å². The van der Waals surface area contributed by atoms with Gasteiger partial charge in [-0.25, -0.2) is 0 Å². The van der Waals surface area contributed by atoms with Crippen molar-refractivity contribution in [1.82, 2.24) is 0 Å². The van der Waals surface area contributed by atoms with Crippen LogP contribution in [0.25, 0.3) is 0 Å². The first-order chi connectivity index (χ1) is 8.56. The lowest BCUT2D eigenvalue weighted by Crippen LogP contribution is -2.26. The van der Waals surface area contributed by atoms with Crippen molar-refractivity contribution < 1.29 is 14.7 Å². The summed E-state index contributed by atoms with van der Waals surface area (Å²) < 4.78 is 0. The van der Waals surface area contributed by atoms with Crippen molar-refractivity contribution >= 4 is 11.6 Å². The molecule has 3 heteroatoms. The number of aliphatic hydroxyl groups excluding tert-OH is 1. The molecule has 0 bridgehead atoms. The molecule has 18 heavy (non-hydrogen) atoms. The Bertz CT molecular complexity index is 526. The third kappa shape index (κ3) is 2.02. The Balaban J connectivity index is 2.48. The summed E-state index contributed by atoms with van der Waals surface area (Å²) in [6.45, 7) is 3.74. The molecule has 0 fully saturated rings. The Kier molecular flexibility index (Phi) is 3.43. The van der Waals surface area contributed by atoms with Crippen LogP contribution < -0.4 is 0 Å². The number of aliphatic hydroxyl groups is 1. The second-order valence-electron chi connectivity index (χ2n) is 4.87. The molecule has 0 heterocycles. The number of hydrogen-bond acceptors (Lipinski definition) is 3. The van der Waals surface area contributed by atoms with Gasteiger partial charge in [0.1, 0.15) is 0 Å². The summed E-state index contributed by atoms with van der Waals surface area (Å²) in [5, 5.41) is 9.40. The van der Waals surface area contributed by atoms with Crippen LogP contribution in [-0.4, -0.2) is 23.3 Å². The average molecular weight is 244 g/mol. The van der Waals surface area contributed by atoms with Gasteiger partial charge in [-0.3, -0.25) is 9.59 Å². The quantitative estimate of drug-likeness (QED) is 0.887. The van der Waals surface area contributed by atoms with E-state index < -0.39 is 0 Å². The molecule has 94 valence electrons. The van der Waals surface area contributed by atoms with Crippen molar-refractivity contribution in [2.24, 2.45) is 11.8 Å². The van der Waals surface area contributed by atoms with Crippen LogP contribution in [0.15, 0.2) is 35.9 Å². The van der Waals surface area contributed by atoms with Crippen molar-refractivity contribution in [3.8, 4) is 0 Å². The van der Waals surface area contributed by atoms with Crippen LogP contribution in [0.3, 0.4) is 0 Å². The second-order valence-corrected chi connectivity index (χ2v) is 4.87. The van der Waals surface area contributed by atoms with Crippen LogP contribution in [0.4, 0.5) is 0 Å². The third-order valence-corrected chi connectivity index (χ3v) is 3.39. The van der Waals surface area contributed by atoms with E-state index in [-0.39, 0.29) is 30.0 Å². The maximum atomic E-state index is 12.3. The lowest BCUT2D eigenvalue weighted by Gasteiger charge is -2.24. The van der Waals surface area contributed by atoms with Crippen molar-refractivity contribution in [1.29, 1.82) is 0 Å². The molecule has 1 N–H and O–H groups in total. The van der Waals surface area contributed by atoms with Gasteiger partial charge in [-0.05, 0) is 12.0 Å². The lowest BCUT2D eigenvalue weighted by molar-refractivity contribution is 0.0956. The smallest absolute Gasteiger partial charge is 0.190 e. The van der Waals surface area contributed by atoms with Gasteiger partial charge in [0, 0.05) is 22.6 Å². The Morgan fingerprint density at radius 2 is 1.72 bits per heavy atom. The third-order valence-electron chi connectivity index (χ3n) is 3.39. The molecule has 2 rings (SSSR count). The summed E-state index contributed by atoms with van der Waals surface area (Å²) in [7, 11) is 0. The standard InChI is InChI=1S/C15H16O3/c1-9(2)13(8-16)12-7-14(17)10-5-3-4-6-11(10)15(12)18/h3-7,9,13,16H,8H2,1-2H3/t13-/m1/s1. The molecule has 1 aliphatic rings. The second kappa shape index (κ2) is 4.86. The molecule has 3 nitrogen and oxygen atoms in total. The predicted octanol–water partition coefficient (Wildman–Crippen LogP) is 2.26. The summed E-state index contributed by atoms with van der Waals surface area (Å²) in [5.74, 6) is -0.463. The summed E-state index contributed by atoms with van der Waals surface area (Å²) in [6.07, 6.45) is 1.38. The van der Waals surface area contributed by atoms with E-state index in [0.29, 0.717) is 16.7 Å². The zero-order valence-corrected chi connectivity index (χ0v) is 10.5. The number of carbonyl (C=O) groups excluding carboxylic acids is 2. The van der Waals surface area contributed by atoms with Gasteiger partial charge in [-0.2, -0.15) is 0 Å². The largest absolute Gasteiger partial charge is 0.396 e. The number of benzene rings is 1. The van der Waals surface area contributed by atoms with Crippen molar-refractivity contribution in [3.63, 3.8) is 0 Å². The maximum Gasteiger partial charge on any atom is 0.190 e. The summed E-state index contributed by atoms with van der Waals surface area (Å²) in [4.78, 5) is 24.3. The van der Waals surface area contributed by atoms with Crippen molar-refractivity contribution in [3.05, 3.63) is 47.0 Å². The van der Waals surface area contributed by atoms with E-state index in [2.05, 4.69) is 0 Å². The molecule has 1 aliphatic carbocycles. The Morgan fingerprint density at radius 1 is 1.11 bits per heavy atom. The Labute approximate surface area is 106 Å². The van der Waals surface area contributed by atoms with E-state index in [1.807, 2.05) is 13.8 Å². The van der Waals surface area contributed by atoms with Crippen LogP contribution in [0, 0.1) is 11.8 Å². The molecule has 0 spiro atoms. The van der Waals surface area contributed by atoms with Gasteiger partial charge in [-0.1, -0.05) is 38.1 Å². The highest BCUT2D eigenvalue weighted by Crippen LogP contribution is 2.29. The van der Waals surface area contributed by atoms with Crippen molar-refractivity contribution in [2.75, 3.05) is 6.61 Å². The van der Waals surface area contributed by atoms with E-state index in [1.54, 1.807) is 24.3 Å². The monoisotopic (exact) mass is 244 g/mol. The molecular formula is C15H16O3. The van der Waals surface area contributed by atoms with Gasteiger partial charge >= 0.3 is 0 Å². The van der Waals surface area contributed by atoms with Gasteiger partial charge in [-0.15, -0.1) is 0 Å². The molecule has 0 aliphatic heterocycles. The maximum absolute atomic E-state index is 12.3. The molecule has 0 radical (unpaired) electrons. The van der Waals surface area contributed by atoms with E-state index in [9.17, 15) is 14.7 Å². The van der Waals surface area contributed by atoms with Crippen LogP contribution in [0.5, 0.6) is 0 Å². The van der Waals surface area contributed by atoms with Gasteiger partial charge in [0.25, 0.3) is 0 Å². The number of fused-ring (bicyclic) bond motifs is 1. The first-order valence-corrected chi connectivity index (χ1v) is 6.06. The van der Waals surface area contributed by atoms with Gasteiger partial charge in [0.05, 0.1) is 6.61 Å². The number of allylic oxidation sites excluding steroid dienone is 1. The minimum Gasteiger partial charge on any atom is -0.396 e. The summed E-state index contributed by atoms with van der Waals surface area (Å²) >= 11 is 0. The molecule has 0 unspecified atom stereocenters. The highest BCUT2D eigenvalue weighted by molar-refractivity contribution is 6.24. The number of hydrogen-bond donors (Lipinski definition) is 1. The Morgan fingerprint density at radius 3 is 2.28 bits per heavy atom. The molecule has 1 atom stereocenters. The first-order valence-electron chi connectivity index (χ1n) is 6.06. The fourth-order valence-corrected chi connectivity index (χ4v) is 2.28. The molecule has 0 aromatic heterocycles. The molecule has 1 aromatic carbocycles. The Hall–Kier alpha value is -1.74. The fourth-order valence-electron chi connectivity index (χ4n) is 2.28. The molecule has 0 amide bonds. The average Bonchev–Trinajstić information content (AvgIpc) is 2.36. The predicted molar refractivity (Wildman–Crippen MR) is 68.6 cm³/mol. The highest BCUT2D eigenvalue weighted by Gasteiger charge is 2.30. The minimum absolute atomic E-state index is 0.114. The number of rotatable bonds is 3. The normalized spacial score (nSPS) is 16.6. The first kappa shape index (κ1) is 12.7. The summed E-state index contributed by atoms with van der Waals surface area (Å²) in [5.41, 5.74) is 1.32.